The predicted octanol–water partition coefficient (Wildman–Crippen LogP) is 5.15. The first-order valence-electron chi connectivity index (χ1n) is 23.0. The van der Waals surface area contributed by atoms with Crippen molar-refractivity contribution < 1.29 is 28.7 Å². The number of aromatic nitrogens is 5. The number of hydrogen-bond donors (Lipinski definition) is 3. The van der Waals surface area contributed by atoms with Gasteiger partial charge in [0.15, 0.2) is 0 Å². The highest BCUT2D eigenvalue weighted by molar-refractivity contribution is 6.01. The number of likely N-dealkylation sites (tertiary alicyclic amines) is 2. The van der Waals surface area contributed by atoms with Gasteiger partial charge in [-0.25, -0.2) is 19.7 Å². The van der Waals surface area contributed by atoms with E-state index in [-0.39, 0.29) is 17.7 Å². The van der Waals surface area contributed by atoms with Crippen molar-refractivity contribution in [3.05, 3.63) is 71.4 Å². The molecule has 1 aromatic carbocycles. The summed E-state index contributed by atoms with van der Waals surface area (Å²) in [6.45, 7) is 14.1. The van der Waals surface area contributed by atoms with Gasteiger partial charge in [0.2, 0.25) is 29.5 Å². The summed E-state index contributed by atoms with van der Waals surface area (Å²) in [5.74, 6) is 1.51. The number of nitrogens with one attached hydrogen (secondary N) is 3. The molecule has 0 aliphatic carbocycles. The summed E-state index contributed by atoms with van der Waals surface area (Å²) in [5, 5.41) is 13.6. The summed E-state index contributed by atoms with van der Waals surface area (Å²) >= 11 is 0. The second-order valence-corrected chi connectivity index (χ2v) is 19.0. The van der Waals surface area contributed by atoms with Crippen LogP contribution in [0.25, 0.3) is 0 Å². The molecule has 1 atom stereocenters. The lowest BCUT2D eigenvalue weighted by molar-refractivity contribution is -0.135. The molecule has 8 heterocycles. The molecule has 3 saturated heterocycles. The normalized spacial score (nSPS) is 19.8. The van der Waals surface area contributed by atoms with Crippen molar-refractivity contribution in [2.24, 2.45) is 5.92 Å². The van der Waals surface area contributed by atoms with Gasteiger partial charge >= 0.3 is 6.09 Å². The van der Waals surface area contributed by atoms with Gasteiger partial charge in [-0.1, -0.05) is 12.1 Å². The van der Waals surface area contributed by atoms with Gasteiger partial charge in [-0.15, -0.1) is 0 Å². The highest BCUT2D eigenvalue weighted by Crippen LogP contribution is 2.40. The third-order valence-corrected chi connectivity index (χ3v) is 13.2. The van der Waals surface area contributed by atoms with E-state index in [9.17, 15) is 19.2 Å². The Hall–Kier alpha value is -6.30. The number of nitrogens with zero attached hydrogens (tertiary/aromatic N) is 9. The molecule has 344 valence electrons. The van der Waals surface area contributed by atoms with Crippen LogP contribution in [0.15, 0.2) is 49.1 Å². The quantitative estimate of drug-likeness (QED) is 0.177. The van der Waals surface area contributed by atoms with Gasteiger partial charge < -0.3 is 29.9 Å². The van der Waals surface area contributed by atoms with E-state index < -0.39 is 17.7 Å². The fraction of sp³-hybridized carbons (Fsp3) is 0.532. The fourth-order valence-electron chi connectivity index (χ4n) is 9.60. The molecule has 3 aromatic heterocycles. The number of ether oxygens (including phenoxy) is 2. The Morgan fingerprint density at radius 1 is 0.908 bits per heavy atom. The van der Waals surface area contributed by atoms with E-state index >= 15 is 0 Å². The maximum absolute atomic E-state index is 13.4. The summed E-state index contributed by atoms with van der Waals surface area (Å²) in [6.07, 6.45) is 12.6. The Bertz CT molecular complexity index is 2400. The molecule has 0 spiro atoms. The second kappa shape index (κ2) is 18.7. The lowest BCUT2D eigenvalue weighted by atomic mass is 9.89. The van der Waals surface area contributed by atoms with Crippen LogP contribution in [0.2, 0.25) is 0 Å². The van der Waals surface area contributed by atoms with Crippen LogP contribution in [-0.4, -0.2) is 122 Å². The number of hydrogen-bond acceptors (Lipinski definition) is 14. The van der Waals surface area contributed by atoms with Crippen LogP contribution in [-0.2, 0) is 38.6 Å². The zero-order chi connectivity index (χ0) is 45.2. The van der Waals surface area contributed by atoms with Crippen molar-refractivity contribution in [2.45, 2.75) is 103 Å². The van der Waals surface area contributed by atoms with Gasteiger partial charge in [-0.2, -0.15) is 5.10 Å². The molecule has 18 heteroatoms. The average Bonchev–Trinajstić information content (AvgIpc) is 3.73. The minimum Gasteiger partial charge on any atom is -0.474 e. The molecule has 9 rings (SSSR count). The monoisotopic (exact) mass is 888 g/mol. The maximum atomic E-state index is 13.4. The summed E-state index contributed by atoms with van der Waals surface area (Å²) in [6, 6.07) is 7.88. The standard InChI is InChI=1S/C47H60N12O6/c1-30-39(25-48-44-42(30)59(21-22-64-44)46(63)65-47(2,3)4)57-20-15-34-23-49-45(53-38(34)28-57)52-36-24-50-58(27-36)26-31-11-18-56(19-12-31)41(61)29-55-16-13-33(14-17-55)32-5-7-35(8-6-32)51-37-9-10-40(60)54-43(37)62/h5-8,23-25,27,31,33,37,51H,9-22,26,28-29H2,1-4H3,(H,49,52,53)(H,54,60,62). The molecule has 5 aliphatic heterocycles. The number of anilines is 5. The highest BCUT2D eigenvalue weighted by atomic mass is 16.6. The third-order valence-electron chi connectivity index (χ3n) is 13.2. The fourth-order valence-corrected chi connectivity index (χ4v) is 9.60. The summed E-state index contributed by atoms with van der Waals surface area (Å²) in [7, 11) is 0. The molecular formula is C47H60N12O6. The van der Waals surface area contributed by atoms with Gasteiger partial charge in [0, 0.05) is 56.2 Å². The minimum absolute atomic E-state index is 0.207. The van der Waals surface area contributed by atoms with E-state index in [0.29, 0.717) is 68.4 Å². The molecule has 0 radical (unpaired) electrons. The summed E-state index contributed by atoms with van der Waals surface area (Å²) in [4.78, 5) is 72.5. The highest BCUT2D eigenvalue weighted by Gasteiger charge is 2.34. The van der Waals surface area contributed by atoms with Crippen LogP contribution in [0, 0.1) is 12.8 Å². The number of piperidine rings is 3. The second-order valence-electron chi connectivity index (χ2n) is 19.0. The Balaban J connectivity index is 0.720. The smallest absolute Gasteiger partial charge is 0.415 e. The third kappa shape index (κ3) is 10.3. The predicted molar refractivity (Wildman–Crippen MR) is 244 cm³/mol. The van der Waals surface area contributed by atoms with E-state index in [1.54, 1.807) is 11.1 Å². The molecule has 4 aromatic rings. The molecule has 0 saturated carbocycles. The molecule has 18 nitrogen and oxygen atoms in total. The molecule has 1 unspecified atom stereocenters. The van der Waals surface area contributed by atoms with E-state index in [2.05, 4.69) is 52.9 Å². The van der Waals surface area contributed by atoms with Crippen molar-refractivity contribution in [3.63, 3.8) is 0 Å². The number of amides is 4. The first kappa shape index (κ1) is 43.9. The van der Waals surface area contributed by atoms with Crippen LogP contribution in [0.1, 0.15) is 87.6 Å². The van der Waals surface area contributed by atoms with Gasteiger partial charge in [0.25, 0.3) is 0 Å². The van der Waals surface area contributed by atoms with Gasteiger partial charge in [0.1, 0.15) is 23.9 Å². The van der Waals surface area contributed by atoms with Crippen molar-refractivity contribution in [2.75, 3.05) is 72.9 Å². The molecule has 4 amide bonds. The van der Waals surface area contributed by atoms with E-state index in [1.807, 2.05) is 68.0 Å². The number of pyridine rings is 1. The summed E-state index contributed by atoms with van der Waals surface area (Å²) < 4.78 is 13.5. The zero-order valence-electron chi connectivity index (χ0n) is 37.8. The number of benzene rings is 1. The van der Waals surface area contributed by atoms with Crippen LogP contribution < -0.4 is 30.5 Å². The molecule has 0 bridgehead atoms. The van der Waals surface area contributed by atoms with Crippen LogP contribution in [0.5, 0.6) is 5.88 Å². The molecule has 3 N–H and O–H groups in total. The first-order valence-corrected chi connectivity index (χ1v) is 23.0. The molecule has 3 fully saturated rings. The Morgan fingerprint density at radius 3 is 2.45 bits per heavy atom. The Kier molecular flexibility index (Phi) is 12.6. The number of carbonyl (C=O) groups is 4. The van der Waals surface area contributed by atoms with Crippen molar-refractivity contribution >= 4 is 52.5 Å². The molecule has 5 aliphatic rings. The number of rotatable bonds is 10. The number of fused-ring (bicyclic) bond motifs is 2. The van der Waals surface area contributed by atoms with E-state index in [4.69, 9.17) is 14.5 Å². The maximum Gasteiger partial charge on any atom is 0.415 e. The summed E-state index contributed by atoms with van der Waals surface area (Å²) in [5.41, 5.74) is 6.81. The topological polar surface area (TPSA) is 192 Å². The van der Waals surface area contributed by atoms with Crippen LogP contribution in [0.3, 0.4) is 0 Å². The minimum atomic E-state index is -0.626. The SMILES string of the molecule is Cc1c(N2CCc3cnc(Nc4cnn(CC5CCN(C(=O)CN6CCC(c7ccc(NC8CCC(=O)NC8=O)cc7)CC6)CC5)c4)nc3C2)cnc2c1N(C(=O)OC(C)(C)C)CCO2. The van der Waals surface area contributed by atoms with E-state index in [1.165, 1.54) is 5.56 Å². The lowest BCUT2D eigenvalue weighted by Crippen LogP contribution is -2.47. The van der Waals surface area contributed by atoms with Gasteiger partial charge in [-0.3, -0.25) is 34.2 Å². The van der Waals surface area contributed by atoms with Crippen LogP contribution >= 0.6 is 0 Å². The van der Waals surface area contributed by atoms with Crippen molar-refractivity contribution in [1.29, 1.82) is 0 Å². The first-order chi connectivity index (χ1) is 31.3. The Labute approximate surface area is 379 Å². The molecule has 65 heavy (non-hydrogen) atoms. The van der Waals surface area contributed by atoms with Gasteiger partial charge in [0.05, 0.1) is 49.1 Å². The van der Waals surface area contributed by atoms with E-state index in [0.717, 1.165) is 105 Å². The number of imide groups is 1. The Morgan fingerprint density at radius 2 is 1.69 bits per heavy atom. The average molecular weight is 889 g/mol. The largest absolute Gasteiger partial charge is 0.474 e. The van der Waals surface area contributed by atoms with Crippen molar-refractivity contribution in [1.82, 2.24) is 39.8 Å². The lowest BCUT2D eigenvalue weighted by Gasteiger charge is -2.36. The van der Waals surface area contributed by atoms with Crippen LogP contribution in [0.4, 0.5) is 33.5 Å². The molecular weight excluding hydrogens is 829 g/mol. The number of carbonyl (C=O) groups excluding carboxylic acids is 4. The van der Waals surface area contributed by atoms with Gasteiger partial charge in [-0.05, 0) is 114 Å². The zero-order valence-corrected chi connectivity index (χ0v) is 37.8. The van der Waals surface area contributed by atoms with Crippen molar-refractivity contribution in [3.8, 4) is 5.88 Å².